The number of esters is 1. The zero-order valence-corrected chi connectivity index (χ0v) is 15.0. The molecule has 1 aliphatic rings. The molecule has 1 fully saturated rings. The predicted octanol–water partition coefficient (Wildman–Crippen LogP) is 1.55. The summed E-state index contributed by atoms with van der Waals surface area (Å²) >= 11 is 0. The lowest BCUT2D eigenvalue weighted by molar-refractivity contribution is -0.145. The summed E-state index contributed by atoms with van der Waals surface area (Å²) in [5.74, 6) is -3.50. The number of amides is 1. The summed E-state index contributed by atoms with van der Waals surface area (Å²) in [7, 11) is 1.29. The molecular formula is C18H24F2N2O4. The van der Waals surface area contributed by atoms with Gasteiger partial charge in [-0.3, -0.25) is 14.5 Å². The van der Waals surface area contributed by atoms with Gasteiger partial charge in [0.1, 0.15) is 0 Å². The summed E-state index contributed by atoms with van der Waals surface area (Å²) in [6.45, 7) is 5.55. The van der Waals surface area contributed by atoms with E-state index in [9.17, 15) is 18.4 Å². The van der Waals surface area contributed by atoms with Crippen molar-refractivity contribution >= 4 is 11.9 Å². The number of rotatable bonds is 7. The molecule has 1 aliphatic heterocycles. The van der Waals surface area contributed by atoms with Gasteiger partial charge >= 0.3 is 5.97 Å². The van der Waals surface area contributed by atoms with Gasteiger partial charge in [0, 0.05) is 38.3 Å². The Kier molecular flexibility index (Phi) is 7.47. The molecular weight excluding hydrogens is 346 g/mol. The van der Waals surface area contributed by atoms with Crippen molar-refractivity contribution in [2.75, 3.05) is 53.0 Å². The van der Waals surface area contributed by atoms with Crippen LogP contribution in [0.3, 0.4) is 0 Å². The Hall–Kier alpha value is -2.06. The second-order valence-corrected chi connectivity index (χ2v) is 6.26. The number of hydrogen-bond donors (Lipinski definition) is 0. The second kappa shape index (κ2) is 9.59. The molecule has 0 aromatic heterocycles. The van der Waals surface area contributed by atoms with E-state index >= 15 is 0 Å². The molecule has 0 aliphatic carbocycles. The summed E-state index contributed by atoms with van der Waals surface area (Å²) in [6.07, 6.45) is 0. The van der Waals surface area contributed by atoms with Gasteiger partial charge in [-0.25, -0.2) is 8.78 Å². The Morgan fingerprint density at radius 1 is 1.27 bits per heavy atom. The molecule has 0 saturated carbocycles. The standard InChI is InChI=1S/C18H24F2N2O4/c1-13(18(24)25-2)12-22(6-5-21-7-9-26-10-8-21)17(23)14-3-4-15(19)16(20)11-14/h3-4,11,13H,5-10,12H2,1-2H3. The maximum absolute atomic E-state index is 13.5. The van der Waals surface area contributed by atoms with Crippen LogP contribution in [0.5, 0.6) is 0 Å². The topological polar surface area (TPSA) is 59.1 Å². The molecule has 0 N–H and O–H groups in total. The molecule has 1 aromatic carbocycles. The quantitative estimate of drug-likeness (QED) is 0.682. The number of carbonyl (C=O) groups is 2. The van der Waals surface area contributed by atoms with E-state index in [1.165, 1.54) is 18.1 Å². The predicted molar refractivity (Wildman–Crippen MR) is 90.7 cm³/mol. The number of carbonyl (C=O) groups excluding carboxylic acids is 2. The van der Waals surface area contributed by atoms with Crippen LogP contribution in [0, 0.1) is 17.6 Å². The van der Waals surface area contributed by atoms with E-state index in [-0.39, 0.29) is 12.1 Å². The highest BCUT2D eigenvalue weighted by molar-refractivity contribution is 5.94. The fourth-order valence-electron chi connectivity index (χ4n) is 2.78. The van der Waals surface area contributed by atoms with E-state index in [1.54, 1.807) is 6.92 Å². The van der Waals surface area contributed by atoms with Crippen LogP contribution in [0.1, 0.15) is 17.3 Å². The summed E-state index contributed by atoms with van der Waals surface area (Å²) < 4.78 is 36.6. The molecule has 1 heterocycles. The van der Waals surface area contributed by atoms with Crippen molar-refractivity contribution in [3.63, 3.8) is 0 Å². The highest BCUT2D eigenvalue weighted by Crippen LogP contribution is 2.13. The Morgan fingerprint density at radius 2 is 1.96 bits per heavy atom. The number of hydrogen-bond acceptors (Lipinski definition) is 5. The Labute approximate surface area is 151 Å². The van der Waals surface area contributed by atoms with Crippen molar-refractivity contribution in [1.29, 1.82) is 0 Å². The molecule has 0 radical (unpaired) electrons. The Balaban J connectivity index is 2.10. The molecule has 0 bridgehead atoms. The third-order valence-electron chi connectivity index (χ3n) is 4.34. The van der Waals surface area contributed by atoms with E-state index in [4.69, 9.17) is 9.47 Å². The molecule has 6 nitrogen and oxygen atoms in total. The van der Waals surface area contributed by atoms with Gasteiger partial charge in [0.05, 0.1) is 26.2 Å². The van der Waals surface area contributed by atoms with Crippen molar-refractivity contribution in [3.05, 3.63) is 35.4 Å². The fraction of sp³-hybridized carbons (Fsp3) is 0.556. The molecule has 1 atom stereocenters. The number of halogens is 2. The minimum Gasteiger partial charge on any atom is -0.469 e. The van der Waals surface area contributed by atoms with Crippen LogP contribution in [-0.4, -0.2) is 74.7 Å². The molecule has 1 aromatic rings. The summed E-state index contributed by atoms with van der Waals surface area (Å²) in [6, 6.07) is 3.04. The van der Waals surface area contributed by atoms with Crippen LogP contribution >= 0.6 is 0 Å². The first kappa shape index (κ1) is 20.3. The number of benzene rings is 1. The lowest BCUT2D eigenvalue weighted by atomic mass is 10.1. The first-order valence-electron chi connectivity index (χ1n) is 8.54. The van der Waals surface area contributed by atoms with Gasteiger partial charge in [-0.05, 0) is 18.2 Å². The van der Waals surface area contributed by atoms with Gasteiger partial charge in [0.15, 0.2) is 11.6 Å². The van der Waals surface area contributed by atoms with Gasteiger partial charge in [-0.1, -0.05) is 6.92 Å². The van der Waals surface area contributed by atoms with Crippen molar-refractivity contribution in [1.82, 2.24) is 9.80 Å². The maximum Gasteiger partial charge on any atom is 0.310 e. The minimum atomic E-state index is -1.08. The minimum absolute atomic E-state index is 0.0444. The van der Waals surface area contributed by atoms with E-state index in [0.717, 1.165) is 25.2 Å². The van der Waals surface area contributed by atoms with Gasteiger partial charge in [-0.15, -0.1) is 0 Å². The van der Waals surface area contributed by atoms with Gasteiger partial charge in [-0.2, -0.15) is 0 Å². The average Bonchev–Trinajstić information content (AvgIpc) is 2.66. The fourth-order valence-corrected chi connectivity index (χ4v) is 2.78. The largest absolute Gasteiger partial charge is 0.469 e. The SMILES string of the molecule is COC(=O)C(C)CN(CCN1CCOCC1)C(=O)c1ccc(F)c(F)c1. The zero-order valence-electron chi connectivity index (χ0n) is 15.0. The molecule has 8 heteroatoms. The van der Waals surface area contributed by atoms with Crippen LogP contribution in [0.25, 0.3) is 0 Å². The first-order valence-corrected chi connectivity index (χ1v) is 8.54. The number of methoxy groups -OCH3 is 1. The van der Waals surface area contributed by atoms with E-state index < -0.39 is 29.4 Å². The van der Waals surface area contributed by atoms with Crippen molar-refractivity contribution < 1.29 is 27.8 Å². The lowest BCUT2D eigenvalue weighted by Crippen LogP contribution is -2.45. The van der Waals surface area contributed by atoms with E-state index in [0.29, 0.717) is 26.3 Å². The van der Waals surface area contributed by atoms with Crippen molar-refractivity contribution in [2.24, 2.45) is 5.92 Å². The van der Waals surface area contributed by atoms with Crippen LogP contribution in [0.4, 0.5) is 8.78 Å². The second-order valence-electron chi connectivity index (χ2n) is 6.26. The zero-order chi connectivity index (χ0) is 19.1. The van der Waals surface area contributed by atoms with Crippen LogP contribution in [0.2, 0.25) is 0 Å². The first-order chi connectivity index (χ1) is 12.4. The molecule has 0 spiro atoms. The normalized spacial score (nSPS) is 16.2. The van der Waals surface area contributed by atoms with Crippen LogP contribution < -0.4 is 0 Å². The maximum atomic E-state index is 13.5. The lowest BCUT2D eigenvalue weighted by Gasteiger charge is -2.31. The van der Waals surface area contributed by atoms with Crippen LogP contribution in [-0.2, 0) is 14.3 Å². The third-order valence-corrected chi connectivity index (χ3v) is 4.34. The molecule has 2 rings (SSSR count). The highest BCUT2D eigenvalue weighted by atomic mass is 19.2. The van der Waals surface area contributed by atoms with Crippen molar-refractivity contribution in [2.45, 2.75) is 6.92 Å². The van der Waals surface area contributed by atoms with E-state index in [2.05, 4.69) is 4.90 Å². The Bertz CT molecular complexity index is 636. The third kappa shape index (κ3) is 5.47. The van der Waals surface area contributed by atoms with Gasteiger partial charge in [0.25, 0.3) is 5.91 Å². The number of nitrogens with zero attached hydrogens (tertiary/aromatic N) is 2. The van der Waals surface area contributed by atoms with Gasteiger partial charge < -0.3 is 14.4 Å². The molecule has 1 unspecified atom stereocenters. The highest BCUT2D eigenvalue weighted by Gasteiger charge is 2.24. The average molecular weight is 370 g/mol. The monoisotopic (exact) mass is 370 g/mol. The number of ether oxygens (including phenoxy) is 2. The van der Waals surface area contributed by atoms with Gasteiger partial charge in [0.2, 0.25) is 0 Å². The molecule has 26 heavy (non-hydrogen) atoms. The smallest absolute Gasteiger partial charge is 0.310 e. The summed E-state index contributed by atoms with van der Waals surface area (Å²) in [5, 5.41) is 0. The number of morpholine rings is 1. The van der Waals surface area contributed by atoms with Crippen LogP contribution in [0.15, 0.2) is 18.2 Å². The Morgan fingerprint density at radius 3 is 2.58 bits per heavy atom. The van der Waals surface area contributed by atoms with E-state index in [1.807, 2.05) is 0 Å². The molecule has 1 amide bonds. The van der Waals surface area contributed by atoms with Crippen molar-refractivity contribution in [3.8, 4) is 0 Å². The molecule has 144 valence electrons. The summed E-state index contributed by atoms with van der Waals surface area (Å²) in [4.78, 5) is 28.1. The summed E-state index contributed by atoms with van der Waals surface area (Å²) in [5.41, 5.74) is 0.0444. The molecule has 1 saturated heterocycles.